The molecule has 2 N–H and O–H groups in total. The third-order valence-electron chi connectivity index (χ3n) is 3.07. The first kappa shape index (κ1) is 14.3. The molecule has 19 heavy (non-hydrogen) atoms. The van der Waals surface area contributed by atoms with Gasteiger partial charge in [-0.3, -0.25) is 4.79 Å². The van der Waals surface area contributed by atoms with E-state index >= 15 is 0 Å². The Bertz CT molecular complexity index is 486. The molecule has 0 radical (unpaired) electrons. The second kappa shape index (κ2) is 5.92. The number of amides is 1. The van der Waals surface area contributed by atoms with Gasteiger partial charge in [-0.2, -0.15) is 0 Å². The molecule has 0 aromatic heterocycles. The Morgan fingerprint density at radius 3 is 2.84 bits per heavy atom. The summed E-state index contributed by atoms with van der Waals surface area (Å²) in [5.41, 5.74) is 1.57. The molecule has 1 saturated carbocycles. The van der Waals surface area contributed by atoms with Crippen LogP contribution in [0.5, 0.6) is 5.75 Å². The lowest BCUT2D eigenvalue weighted by Gasteiger charge is -2.18. The number of carbonyl (C=O) groups is 1. The highest BCUT2D eigenvalue weighted by Gasteiger charge is 2.26. The largest absolute Gasteiger partial charge is 0.480 e. The number of aliphatic hydroxyl groups excluding tert-OH is 1. The van der Waals surface area contributed by atoms with Gasteiger partial charge in [-0.05, 0) is 44.4 Å². The van der Waals surface area contributed by atoms with Crippen LogP contribution in [0.15, 0.2) is 16.6 Å². The van der Waals surface area contributed by atoms with Crippen molar-refractivity contribution in [2.45, 2.75) is 45.4 Å². The second-order valence-corrected chi connectivity index (χ2v) is 5.83. The molecule has 4 nitrogen and oxygen atoms in total. The lowest BCUT2D eigenvalue weighted by Crippen LogP contribution is -2.37. The van der Waals surface area contributed by atoms with Crippen LogP contribution in [0.4, 0.5) is 0 Å². The molecule has 1 atom stereocenters. The van der Waals surface area contributed by atoms with E-state index < -0.39 is 6.10 Å². The number of halogens is 1. The van der Waals surface area contributed by atoms with E-state index in [0.717, 1.165) is 22.9 Å². The van der Waals surface area contributed by atoms with E-state index in [1.807, 2.05) is 13.0 Å². The quantitative estimate of drug-likeness (QED) is 0.872. The first-order valence-electron chi connectivity index (χ1n) is 6.38. The number of hydrogen-bond donors (Lipinski definition) is 2. The standard InChI is InChI=1S/C14H18BrNO3/c1-8-5-11(15)6-10(7-17)13(8)19-9(2)14(18)16-12-3-4-12/h5-6,9,12,17H,3-4,7H2,1-2H3,(H,16,18). The molecule has 0 saturated heterocycles. The molecule has 1 aliphatic carbocycles. The van der Waals surface area contributed by atoms with Crippen LogP contribution in [0.25, 0.3) is 0 Å². The molecular formula is C14H18BrNO3. The van der Waals surface area contributed by atoms with Crippen LogP contribution >= 0.6 is 15.9 Å². The van der Waals surface area contributed by atoms with E-state index in [2.05, 4.69) is 21.2 Å². The van der Waals surface area contributed by atoms with Crippen molar-refractivity contribution < 1.29 is 14.6 Å². The highest BCUT2D eigenvalue weighted by atomic mass is 79.9. The molecular weight excluding hydrogens is 310 g/mol. The third kappa shape index (κ3) is 3.70. The van der Waals surface area contributed by atoms with Crippen molar-refractivity contribution in [3.63, 3.8) is 0 Å². The minimum Gasteiger partial charge on any atom is -0.480 e. The summed E-state index contributed by atoms with van der Waals surface area (Å²) < 4.78 is 6.61. The van der Waals surface area contributed by atoms with E-state index in [-0.39, 0.29) is 12.5 Å². The fourth-order valence-corrected chi connectivity index (χ4v) is 2.48. The van der Waals surface area contributed by atoms with Gasteiger partial charge >= 0.3 is 0 Å². The lowest BCUT2D eigenvalue weighted by molar-refractivity contribution is -0.127. The van der Waals surface area contributed by atoms with Gasteiger partial charge in [-0.15, -0.1) is 0 Å². The zero-order valence-electron chi connectivity index (χ0n) is 11.1. The van der Waals surface area contributed by atoms with Crippen molar-refractivity contribution in [3.05, 3.63) is 27.7 Å². The summed E-state index contributed by atoms with van der Waals surface area (Å²) in [5.74, 6) is 0.484. The first-order chi connectivity index (χ1) is 9.01. The fourth-order valence-electron chi connectivity index (χ4n) is 1.86. The molecule has 0 aliphatic heterocycles. The molecule has 1 aromatic carbocycles. The van der Waals surface area contributed by atoms with Gasteiger partial charge in [0.05, 0.1) is 6.61 Å². The number of rotatable bonds is 5. The molecule has 104 valence electrons. The second-order valence-electron chi connectivity index (χ2n) is 4.91. The Balaban J connectivity index is 2.10. The van der Waals surface area contributed by atoms with Crippen molar-refractivity contribution in [1.82, 2.24) is 5.32 Å². The zero-order valence-corrected chi connectivity index (χ0v) is 12.7. The number of nitrogens with one attached hydrogen (secondary N) is 1. The van der Waals surface area contributed by atoms with Crippen LogP contribution in [0.1, 0.15) is 30.9 Å². The van der Waals surface area contributed by atoms with Crippen molar-refractivity contribution in [1.29, 1.82) is 0 Å². The van der Waals surface area contributed by atoms with Gasteiger partial charge in [0.15, 0.2) is 6.10 Å². The number of ether oxygens (including phenoxy) is 1. The number of benzene rings is 1. The predicted octanol–water partition coefficient (Wildman–Crippen LogP) is 2.30. The smallest absolute Gasteiger partial charge is 0.260 e. The highest BCUT2D eigenvalue weighted by Crippen LogP contribution is 2.29. The number of aryl methyl sites for hydroxylation is 1. The zero-order chi connectivity index (χ0) is 14.0. The summed E-state index contributed by atoms with van der Waals surface area (Å²) in [6, 6.07) is 4.02. The van der Waals surface area contributed by atoms with Crippen LogP contribution < -0.4 is 10.1 Å². The van der Waals surface area contributed by atoms with Crippen LogP contribution in [0, 0.1) is 6.92 Å². The Kier molecular flexibility index (Phi) is 4.47. The average molecular weight is 328 g/mol. The average Bonchev–Trinajstić information content (AvgIpc) is 3.15. The van der Waals surface area contributed by atoms with Crippen molar-refractivity contribution in [3.8, 4) is 5.75 Å². The summed E-state index contributed by atoms with van der Waals surface area (Å²) in [6.07, 6.45) is 1.54. The summed E-state index contributed by atoms with van der Waals surface area (Å²) in [4.78, 5) is 11.9. The lowest BCUT2D eigenvalue weighted by atomic mass is 10.1. The molecule has 1 aromatic rings. The van der Waals surface area contributed by atoms with Crippen LogP contribution in [-0.2, 0) is 11.4 Å². The summed E-state index contributed by atoms with van der Waals surface area (Å²) in [6.45, 7) is 3.50. The molecule has 1 amide bonds. The third-order valence-corrected chi connectivity index (χ3v) is 3.53. The van der Waals surface area contributed by atoms with Gasteiger partial charge in [-0.25, -0.2) is 0 Å². The van der Waals surface area contributed by atoms with Gasteiger partial charge in [-0.1, -0.05) is 15.9 Å². The SMILES string of the molecule is Cc1cc(Br)cc(CO)c1OC(C)C(=O)NC1CC1. The van der Waals surface area contributed by atoms with E-state index in [9.17, 15) is 9.90 Å². The summed E-state index contributed by atoms with van der Waals surface area (Å²) in [5, 5.41) is 12.3. The monoisotopic (exact) mass is 327 g/mol. The summed E-state index contributed by atoms with van der Waals surface area (Å²) >= 11 is 3.38. The van der Waals surface area contributed by atoms with Crippen LogP contribution in [0.3, 0.4) is 0 Å². The predicted molar refractivity (Wildman–Crippen MR) is 76.1 cm³/mol. The Morgan fingerprint density at radius 2 is 2.26 bits per heavy atom. The maximum atomic E-state index is 11.9. The molecule has 0 heterocycles. The first-order valence-corrected chi connectivity index (χ1v) is 7.17. The number of aliphatic hydroxyl groups is 1. The Morgan fingerprint density at radius 1 is 1.58 bits per heavy atom. The Hall–Kier alpha value is -1.07. The van der Waals surface area contributed by atoms with E-state index in [4.69, 9.17) is 4.74 Å². The molecule has 1 aliphatic rings. The number of carbonyl (C=O) groups excluding carboxylic acids is 1. The minimum atomic E-state index is -0.564. The maximum Gasteiger partial charge on any atom is 0.260 e. The minimum absolute atomic E-state index is 0.103. The van der Waals surface area contributed by atoms with Gasteiger partial charge in [0, 0.05) is 16.1 Å². The molecule has 0 bridgehead atoms. The van der Waals surface area contributed by atoms with Crippen LogP contribution in [-0.4, -0.2) is 23.2 Å². The van der Waals surface area contributed by atoms with Gasteiger partial charge in [0.2, 0.25) is 0 Å². The van der Waals surface area contributed by atoms with Crippen molar-refractivity contribution >= 4 is 21.8 Å². The number of hydrogen-bond acceptors (Lipinski definition) is 3. The van der Waals surface area contributed by atoms with E-state index in [1.165, 1.54) is 0 Å². The Labute approximate surface area is 121 Å². The normalized spacial score (nSPS) is 16.0. The molecule has 1 fully saturated rings. The topological polar surface area (TPSA) is 58.6 Å². The summed E-state index contributed by atoms with van der Waals surface area (Å²) in [7, 11) is 0. The molecule has 2 rings (SSSR count). The van der Waals surface area contributed by atoms with Gasteiger partial charge in [0.1, 0.15) is 5.75 Å². The van der Waals surface area contributed by atoms with Gasteiger partial charge < -0.3 is 15.2 Å². The fraction of sp³-hybridized carbons (Fsp3) is 0.500. The van der Waals surface area contributed by atoms with Crippen LogP contribution in [0.2, 0.25) is 0 Å². The van der Waals surface area contributed by atoms with E-state index in [1.54, 1.807) is 13.0 Å². The highest BCUT2D eigenvalue weighted by molar-refractivity contribution is 9.10. The maximum absolute atomic E-state index is 11.9. The van der Waals surface area contributed by atoms with Crippen molar-refractivity contribution in [2.75, 3.05) is 0 Å². The van der Waals surface area contributed by atoms with Crippen molar-refractivity contribution in [2.24, 2.45) is 0 Å². The molecule has 5 heteroatoms. The molecule has 0 spiro atoms. The van der Waals surface area contributed by atoms with E-state index in [0.29, 0.717) is 17.4 Å². The molecule has 1 unspecified atom stereocenters. The van der Waals surface area contributed by atoms with Gasteiger partial charge in [0.25, 0.3) is 5.91 Å².